The standard InChI is InChI=1S/C26H24ClFN4O3/c1-34-26(33)20-13-19(28)4-6-23(20)35-15-16-8-10-32(11-9-16)24-7-2-17(14-29-24)25-30-21-5-3-18(27)12-22(21)31-25/h2-7,12-14,16H,8-11,15H2,1H3,(H,30,31). The summed E-state index contributed by atoms with van der Waals surface area (Å²) in [6.45, 7) is 2.14. The van der Waals surface area contributed by atoms with Crippen molar-refractivity contribution in [1.82, 2.24) is 15.0 Å². The van der Waals surface area contributed by atoms with Gasteiger partial charge in [0.2, 0.25) is 0 Å². The molecule has 0 aliphatic carbocycles. The van der Waals surface area contributed by atoms with Crippen LogP contribution in [-0.2, 0) is 4.74 Å². The number of ether oxygens (including phenoxy) is 2. The zero-order valence-corrected chi connectivity index (χ0v) is 19.9. The van der Waals surface area contributed by atoms with Gasteiger partial charge in [-0.05, 0) is 67.3 Å². The minimum atomic E-state index is -0.615. The van der Waals surface area contributed by atoms with E-state index in [0.29, 0.717) is 23.3 Å². The molecule has 0 saturated carbocycles. The second-order valence-corrected chi connectivity index (χ2v) is 8.96. The maximum Gasteiger partial charge on any atom is 0.341 e. The first-order valence-electron chi connectivity index (χ1n) is 11.4. The number of esters is 1. The van der Waals surface area contributed by atoms with Crippen LogP contribution in [0.5, 0.6) is 5.75 Å². The highest BCUT2D eigenvalue weighted by Gasteiger charge is 2.22. The van der Waals surface area contributed by atoms with Gasteiger partial charge in [0, 0.05) is 29.9 Å². The largest absolute Gasteiger partial charge is 0.492 e. The molecule has 0 bridgehead atoms. The number of anilines is 1. The van der Waals surface area contributed by atoms with E-state index in [1.165, 1.54) is 19.2 Å². The topological polar surface area (TPSA) is 80.3 Å². The molecule has 1 N–H and O–H groups in total. The summed E-state index contributed by atoms with van der Waals surface area (Å²) < 4.78 is 24.1. The Kier molecular flexibility index (Phi) is 6.55. The Morgan fingerprint density at radius 1 is 1.17 bits per heavy atom. The number of piperidine rings is 1. The number of hydrogen-bond acceptors (Lipinski definition) is 6. The fourth-order valence-electron chi connectivity index (χ4n) is 4.27. The van der Waals surface area contributed by atoms with Crippen molar-refractivity contribution in [3.05, 3.63) is 71.1 Å². The molecule has 3 heterocycles. The van der Waals surface area contributed by atoms with Gasteiger partial charge in [-0.1, -0.05) is 11.6 Å². The van der Waals surface area contributed by atoms with E-state index >= 15 is 0 Å². The lowest BCUT2D eigenvalue weighted by atomic mass is 9.97. The number of pyridine rings is 1. The first kappa shape index (κ1) is 23.1. The Bertz CT molecular complexity index is 1350. The Morgan fingerprint density at radius 3 is 2.74 bits per heavy atom. The Hall–Kier alpha value is -3.65. The molecule has 1 fully saturated rings. The Labute approximate surface area is 206 Å². The van der Waals surface area contributed by atoms with Gasteiger partial charge in [-0.15, -0.1) is 0 Å². The van der Waals surface area contributed by atoms with E-state index in [4.69, 9.17) is 21.1 Å². The van der Waals surface area contributed by atoms with Gasteiger partial charge in [-0.25, -0.2) is 19.2 Å². The highest BCUT2D eigenvalue weighted by atomic mass is 35.5. The van der Waals surface area contributed by atoms with Gasteiger partial charge in [0.25, 0.3) is 0 Å². The molecule has 0 spiro atoms. The molecule has 7 nitrogen and oxygen atoms in total. The van der Waals surface area contributed by atoms with E-state index in [9.17, 15) is 9.18 Å². The number of H-pyrrole nitrogens is 1. The number of fused-ring (bicyclic) bond motifs is 1. The van der Waals surface area contributed by atoms with Crippen LogP contribution in [0, 0.1) is 11.7 Å². The van der Waals surface area contributed by atoms with Crippen LogP contribution in [0.15, 0.2) is 54.7 Å². The summed E-state index contributed by atoms with van der Waals surface area (Å²) in [7, 11) is 1.26. The van der Waals surface area contributed by atoms with Crippen LogP contribution in [0.25, 0.3) is 22.4 Å². The molecule has 0 amide bonds. The Morgan fingerprint density at radius 2 is 2.00 bits per heavy atom. The molecule has 0 unspecified atom stereocenters. The predicted molar refractivity (Wildman–Crippen MR) is 133 cm³/mol. The number of nitrogens with one attached hydrogen (secondary N) is 1. The zero-order valence-electron chi connectivity index (χ0n) is 19.1. The monoisotopic (exact) mass is 494 g/mol. The minimum Gasteiger partial charge on any atom is -0.492 e. The second-order valence-electron chi connectivity index (χ2n) is 8.53. The molecule has 1 aliphatic heterocycles. The number of rotatable bonds is 6. The molecule has 0 atom stereocenters. The summed E-state index contributed by atoms with van der Waals surface area (Å²) in [5.41, 5.74) is 2.75. The molecule has 5 rings (SSSR count). The van der Waals surface area contributed by atoms with E-state index in [0.717, 1.165) is 60.2 Å². The number of aromatic amines is 1. The van der Waals surface area contributed by atoms with Crippen molar-refractivity contribution in [1.29, 1.82) is 0 Å². The highest BCUT2D eigenvalue weighted by Crippen LogP contribution is 2.27. The van der Waals surface area contributed by atoms with E-state index < -0.39 is 11.8 Å². The van der Waals surface area contributed by atoms with Gasteiger partial charge in [0.15, 0.2) is 0 Å². The number of halogens is 2. The number of carbonyl (C=O) groups is 1. The van der Waals surface area contributed by atoms with Gasteiger partial charge in [0.05, 0.1) is 24.8 Å². The molecule has 2 aromatic heterocycles. The smallest absolute Gasteiger partial charge is 0.341 e. The maximum absolute atomic E-state index is 13.5. The summed E-state index contributed by atoms with van der Waals surface area (Å²) in [5, 5.41) is 0.663. The van der Waals surface area contributed by atoms with Gasteiger partial charge < -0.3 is 19.4 Å². The molecule has 1 saturated heterocycles. The van der Waals surface area contributed by atoms with Gasteiger partial charge >= 0.3 is 5.97 Å². The van der Waals surface area contributed by atoms with Crippen LogP contribution in [0.4, 0.5) is 10.2 Å². The van der Waals surface area contributed by atoms with Gasteiger partial charge in [-0.2, -0.15) is 0 Å². The molecule has 180 valence electrons. The third-order valence-corrected chi connectivity index (χ3v) is 6.46. The highest BCUT2D eigenvalue weighted by molar-refractivity contribution is 6.31. The van der Waals surface area contributed by atoms with Crippen molar-refractivity contribution in [2.75, 3.05) is 31.7 Å². The van der Waals surface area contributed by atoms with Crippen molar-refractivity contribution in [3.8, 4) is 17.1 Å². The summed E-state index contributed by atoms with van der Waals surface area (Å²) in [4.78, 5) is 26.7. The predicted octanol–water partition coefficient (Wildman–Crippen LogP) is 5.50. The number of imidazole rings is 1. The average Bonchev–Trinajstić information content (AvgIpc) is 3.31. The minimum absolute atomic E-state index is 0.0989. The lowest BCUT2D eigenvalue weighted by molar-refractivity contribution is 0.0594. The second kappa shape index (κ2) is 9.92. The van der Waals surface area contributed by atoms with Crippen molar-refractivity contribution in [3.63, 3.8) is 0 Å². The number of carbonyl (C=O) groups excluding carboxylic acids is 1. The van der Waals surface area contributed by atoms with Crippen LogP contribution >= 0.6 is 11.6 Å². The number of nitrogens with zero attached hydrogens (tertiary/aromatic N) is 3. The third kappa shape index (κ3) is 5.07. The van der Waals surface area contributed by atoms with Crippen LogP contribution in [0.2, 0.25) is 5.02 Å². The summed E-state index contributed by atoms with van der Waals surface area (Å²) in [6.07, 6.45) is 3.66. The molecule has 0 radical (unpaired) electrons. The number of methoxy groups -OCH3 is 1. The molecule has 2 aromatic carbocycles. The normalized spacial score (nSPS) is 14.3. The number of benzene rings is 2. The molecule has 4 aromatic rings. The molecular weight excluding hydrogens is 471 g/mol. The van der Waals surface area contributed by atoms with Crippen LogP contribution in [-0.4, -0.2) is 47.7 Å². The fourth-order valence-corrected chi connectivity index (χ4v) is 4.44. The average molecular weight is 495 g/mol. The van der Waals surface area contributed by atoms with E-state index in [1.807, 2.05) is 36.5 Å². The van der Waals surface area contributed by atoms with Crippen LogP contribution < -0.4 is 9.64 Å². The first-order valence-corrected chi connectivity index (χ1v) is 11.8. The quantitative estimate of drug-likeness (QED) is 0.356. The van der Waals surface area contributed by atoms with Crippen LogP contribution in [0.1, 0.15) is 23.2 Å². The Balaban J connectivity index is 1.18. The van der Waals surface area contributed by atoms with E-state index in [1.54, 1.807) is 0 Å². The zero-order chi connectivity index (χ0) is 24.4. The summed E-state index contributed by atoms with van der Waals surface area (Å²) in [6, 6.07) is 13.5. The van der Waals surface area contributed by atoms with Crippen molar-refractivity contribution >= 4 is 34.4 Å². The molecule has 35 heavy (non-hydrogen) atoms. The SMILES string of the molecule is COC(=O)c1cc(F)ccc1OCC1CCN(c2ccc(-c3nc4ccc(Cl)cc4[nH]3)cn2)CC1. The van der Waals surface area contributed by atoms with Crippen molar-refractivity contribution in [2.45, 2.75) is 12.8 Å². The first-order chi connectivity index (χ1) is 17.0. The molecular formula is C26H24ClFN4O3. The van der Waals surface area contributed by atoms with Crippen molar-refractivity contribution in [2.24, 2.45) is 5.92 Å². The lowest BCUT2D eigenvalue weighted by Gasteiger charge is -2.32. The maximum atomic E-state index is 13.5. The third-order valence-electron chi connectivity index (χ3n) is 6.23. The van der Waals surface area contributed by atoms with Gasteiger partial charge in [-0.3, -0.25) is 0 Å². The number of aromatic nitrogens is 3. The molecule has 9 heteroatoms. The number of hydrogen-bond donors (Lipinski definition) is 1. The summed E-state index contributed by atoms with van der Waals surface area (Å²) >= 11 is 6.07. The fraction of sp³-hybridized carbons (Fsp3) is 0.269. The summed E-state index contributed by atoms with van der Waals surface area (Å²) in [5.74, 6) is 1.21. The van der Waals surface area contributed by atoms with Crippen molar-refractivity contribution < 1.29 is 18.7 Å². The van der Waals surface area contributed by atoms with E-state index in [-0.39, 0.29) is 5.56 Å². The van der Waals surface area contributed by atoms with Crippen LogP contribution in [0.3, 0.4) is 0 Å². The van der Waals surface area contributed by atoms with Gasteiger partial charge in [0.1, 0.15) is 28.8 Å². The molecule has 1 aliphatic rings. The van der Waals surface area contributed by atoms with E-state index in [2.05, 4.69) is 19.9 Å². The lowest BCUT2D eigenvalue weighted by Crippen LogP contribution is -2.36.